The van der Waals surface area contributed by atoms with E-state index in [1.165, 1.54) is 5.56 Å². The molecule has 0 amide bonds. The van der Waals surface area contributed by atoms with E-state index < -0.39 is 0 Å². The van der Waals surface area contributed by atoms with E-state index in [0.29, 0.717) is 5.56 Å². The van der Waals surface area contributed by atoms with Crippen LogP contribution < -0.4 is 5.73 Å². The van der Waals surface area contributed by atoms with Crippen LogP contribution in [0, 0.1) is 5.41 Å². The van der Waals surface area contributed by atoms with Gasteiger partial charge in [-0.15, -0.1) is 0 Å². The number of ketones is 1. The Kier molecular flexibility index (Phi) is 4.33. The van der Waals surface area contributed by atoms with Crippen molar-refractivity contribution in [2.75, 3.05) is 6.54 Å². The molecular formula is C16H25NO. The molecule has 18 heavy (non-hydrogen) atoms. The average molecular weight is 247 g/mol. The molecule has 0 saturated carbocycles. The van der Waals surface area contributed by atoms with Gasteiger partial charge >= 0.3 is 0 Å². The summed E-state index contributed by atoms with van der Waals surface area (Å²) in [6, 6.07) is 7.87. The molecule has 0 aliphatic rings. The number of nitrogens with two attached hydrogens (primary N) is 1. The molecule has 0 aliphatic carbocycles. The Morgan fingerprint density at radius 3 is 1.94 bits per heavy atom. The molecule has 1 rings (SSSR count). The van der Waals surface area contributed by atoms with Crippen molar-refractivity contribution in [2.24, 2.45) is 11.1 Å². The number of hydrogen-bond donors (Lipinski definition) is 1. The van der Waals surface area contributed by atoms with Crippen LogP contribution in [0.15, 0.2) is 24.3 Å². The Morgan fingerprint density at radius 2 is 1.56 bits per heavy atom. The van der Waals surface area contributed by atoms with E-state index in [-0.39, 0.29) is 23.2 Å². The first-order chi connectivity index (χ1) is 8.15. The lowest BCUT2D eigenvalue weighted by molar-refractivity contribution is 0.100. The van der Waals surface area contributed by atoms with Crippen molar-refractivity contribution >= 4 is 5.78 Å². The summed E-state index contributed by atoms with van der Waals surface area (Å²) in [6.07, 6.45) is 1.10. The number of carbonyl (C=O) groups excluding carboxylic acids is 1. The van der Waals surface area contributed by atoms with Crippen LogP contribution in [-0.4, -0.2) is 12.3 Å². The third kappa shape index (κ3) is 3.95. The maximum absolute atomic E-state index is 11.5. The molecule has 1 aromatic rings. The predicted molar refractivity (Wildman–Crippen MR) is 76.9 cm³/mol. The largest absolute Gasteiger partial charge is 0.324 e. The lowest BCUT2D eigenvalue weighted by Crippen LogP contribution is -2.25. The molecule has 2 nitrogen and oxygen atoms in total. The van der Waals surface area contributed by atoms with Gasteiger partial charge in [0.1, 0.15) is 0 Å². The van der Waals surface area contributed by atoms with Gasteiger partial charge in [-0.25, -0.2) is 0 Å². The van der Waals surface area contributed by atoms with Gasteiger partial charge in [0.05, 0.1) is 6.54 Å². The molecule has 0 heterocycles. The van der Waals surface area contributed by atoms with Gasteiger partial charge in [0, 0.05) is 5.56 Å². The third-order valence-corrected chi connectivity index (χ3v) is 3.15. The standard InChI is InChI=1S/C16H25NO/c1-15(2,3)11-16(4,5)13-8-6-12(7-9-13)14(18)10-17/h6-9H,10-11,17H2,1-5H3. The summed E-state index contributed by atoms with van der Waals surface area (Å²) in [5, 5.41) is 0. The summed E-state index contributed by atoms with van der Waals surface area (Å²) in [7, 11) is 0. The second-order valence-electron chi connectivity index (χ2n) is 6.83. The first-order valence-corrected chi connectivity index (χ1v) is 6.49. The van der Waals surface area contributed by atoms with Crippen LogP contribution in [0.5, 0.6) is 0 Å². The average Bonchev–Trinajstić information content (AvgIpc) is 2.25. The van der Waals surface area contributed by atoms with Crippen LogP contribution in [0.4, 0.5) is 0 Å². The maximum atomic E-state index is 11.5. The van der Waals surface area contributed by atoms with Crippen LogP contribution in [0.3, 0.4) is 0 Å². The minimum absolute atomic E-state index is 0.00447. The monoisotopic (exact) mass is 247 g/mol. The maximum Gasteiger partial charge on any atom is 0.176 e. The molecule has 0 unspecified atom stereocenters. The molecule has 0 radical (unpaired) electrons. The number of hydrogen-bond acceptors (Lipinski definition) is 2. The van der Waals surface area contributed by atoms with E-state index in [1.807, 2.05) is 12.1 Å². The van der Waals surface area contributed by atoms with Gasteiger partial charge < -0.3 is 5.73 Å². The third-order valence-electron chi connectivity index (χ3n) is 3.15. The molecule has 0 fully saturated rings. The van der Waals surface area contributed by atoms with Crippen molar-refractivity contribution in [1.29, 1.82) is 0 Å². The van der Waals surface area contributed by atoms with E-state index in [9.17, 15) is 4.79 Å². The van der Waals surface area contributed by atoms with E-state index in [2.05, 4.69) is 46.8 Å². The second-order valence-corrected chi connectivity index (χ2v) is 6.83. The smallest absolute Gasteiger partial charge is 0.176 e. The Hall–Kier alpha value is -1.15. The van der Waals surface area contributed by atoms with Crippen molar-refractivity contribution in [3.8, 4) is 0 Å². The SMILES string of the molecule is CC(C)(C)CC(C)(C)c1ccc(C(=O)CN)cc1. The van der Waals surface area contributed by atoms with Crippen molar-refractivity contribution in [3.05, 3.63) is 35.4 Å². The fourth-order valence-electron chi connectivity index (χ4n) is 2.65. The quantitative estimate of drug-likeness (QED) is 0.827. The highest BCUT2D eigenvalue weighted by Gasteiger charge is 2.27. The highest BCUT2D eigenvalue weighted by atomic mass is 16.1. The molecule has 0 aliphatic heterocycles. The summed E-state index contributed by atoms with van der Waals surface area (Å²) >= 11 is 0. The van der Waals surface area contributed by atoms with E-state index in [1.54, 1.807) is 0 Å². The summed E-state index contributed by atoms with van der Waals surface area (Å²) in [6.45, 7) is 11.3. The summed E-state index contributed by atoms with van der Waals surface area (Å²) in [4.78, 5) is 11.5. The molecule has 0 bridgehead atoms. The van der Waals surface area contributed by atoms with E-state index in [4.69, 9.17) is 5.73 Å². The second kappa shape index (κ2) is 5.23. The Labute approximate surface area is 111 Å². The normalized spacial score (nSPS) is 12.6. The molecule has 1 aromatic carbocycles. The van der Waals surface area contributed by atoms with Crippen LogP contribution in [0.2, 0.25) is 0 Å². The first kappa shape index (κ1) is 14.9. The lowest BCUT2D eigenvalue weighted by Gasteiger charge is -2.33. The van der Waals surface area contributed by atoms with Gasteiger partial charge in [-0.2, -0.15) is 0 Å². The fourth-order valence-corrected chi connectivity index (χ4v) is 2.65. The van der Waals surface area contributed by atoms with Crippen molar-refractivity contribution in [1.82, 2.24) is 0 Å². The van der Waals surface area contributed by atoms with Gasteiger partial charge in [-0.3, -0.25) is 4.79 Å². The van der Waals surface area contributed by atoms with Crippen LogP contribution in [0.1, 0.15) is 57.0 Å². The van der Waals surface area contributed by atoms with Crippen LogP contribution in [0.25, 0.3) is 0 Å². The zero-order valence-corrected chi connectivity index (χ0v) is 12.2. The topological polar surface area (TPSA) is 43.1 Å². The highest BCUT2D eigenvalue weighted by molar-refractivity contribution is 5.97. The lowest BCUT2D eigenvalue weighted by atomic mass is 9.72. The highest BCUT2D eigenvalue weighted by Crippen LogP contribution is 2.36. The van der Waals surface area contributed by atoms with Gasteiger partial charge in [-0.1, -0.05) is 58.9 Å². The number of benzene rings is 1. The van der Waals surface area contributed by atoms with Gasteiger partial charge in [0.25, 0.3) is 0 Å². The van der Waals surface area contributed by atoms with Crippen molar-refractivity contribution in [3.63, 3.8) is 0 Å². The molecule has 2 N–H and O–H groups in total. The predicted octanol–water partition coefficient (Wildman–Crippen LogP) is 3.54. The zero-order valence-electron chi connectivity index (χ0n) is 12.2. The first-order valence-electron chi connectivity index (χ1n) is 6.49. The summed E-state index contributed by atoms with van der Waals surface area (Å²) < 4.78 is 0. The van der Waals surface area contributed by atoms with Crippen molar-refractivity contribution in [2.45, 2.75) is 46.5 Å². The number of Topliss-reactive ketones (excluding diaryl/α,β-unsaturated/α-hetero) is 1. The molecule has 0 aromatic heterocycles. The van der Waals surface area contributed by atoms with Gasteiger partial charge in [0.2, 0.25) is 0 Å². The molecule has 100 valence electrons. The Balaban J connectivity index is 2.94. The Morgan fingerprint density at radius 1 is 1.06 bits per heavy atom. The fraction of sp³-hybridized carbons (Fsp3) is 0.562. The number of carbonyl (C=O) groups is 1. The van der Waals surface area contributed by atoms with Crippen molar-refractivity contribution < 1.29 is 4.79 Å². The molecule has 0 spiro atoms. The summed E-state index contributed by atoms with van der Waals surface area (Å²) in [5.41, 5.74) is 7.73. The van der Waals surface area contributed by atoms with Gasteiger partial charge in [-0.05, 0) is 22.8 Å². The van der Waals surface area contributed by atoms with E-state index in [0.717, 1.165) is 6.42 Å². The minimum Gasteiger partial charge on any atom is -0.324 e. The molecule has 0 saturated heterocycles. The minimum atomic E-state index is -0.00447. The Bertz CT molecular complexity index is 410. The van der Waals surface area contributed by atoms with Gasteiger partial charge in [0.15, 0.2) is 5.78 Å². The molecular weight excluding hydrogens is 222 g/mol. The molecule has 0 atom stereocenters. The van der Waals surface area contributed by atoms with E-state index >= 15 is 0 Å². The van der Waals surface area contributed by atoms with Crippen LogP contribution in [-0.2, 0) is 5.41 Å². The summed E-state index contributed by atoms with van der Waals surface area (Å²) in [5.74, 6) is -0.00447. The number of rotatable bonds is 4. The molecule has 2 heteroatoms. The van der Waals surface area contributed by atoms with Crippen LogP contribution >= 0.6 is 0 Å². The zero-order chi connectivity index (χ0) is 14.0.